The zero-order valence-corrected chi connectivity index (χ0v) is 12.5. The minimum atomic E-state index is -1.39. The molecule has 0 unspecified atom stereocenters. The fourth-order valence-corrected chi connectivity index (χ4v) is 2.22. The molecule has 0 aromatic carbocycles. The highest BCUT2D eigenvalue weighted by Crippen LogP contribution is 2.28. The van der Waals surface area contributed by atoms with Crippen molar-refractivity contribution in [1.82, 2.24) is 9.55 Å². The Hall–Kier alpha value is -2.01. The van der Waals surface area contributed by atoms with Crippen LogP contribution in [0.1, 0.15) is 26.0 Å². The fraction of sp³-hybridized carbons (Fsp3) is 0.615. The molecule has 4 N–H and O–H groups in total. The Labute approximate surface area is 131 Å². The molecule has 10 heteroatoms. The predicted molar refractivity (Wildman–Crippen MR) is 75.7 cm³/mol. The van der Waals surface area contributed by atoms with Gasteiger partial charge >= 0.3 is 11.7 Å². The summed E-state index contributed by atoms with van der Waals surface area (Å²) in [6.45, 7) is 1.60. The molecule has 0 radical (unpaired) electrons. The average Bonchev–Trinajstić information content (AvgIpc) is 2.81. The number of esters is 1. The number of hydrogen-bond acceptors (Lipinski definition) is 9. The molecule has 1 fully saturated rings. The van der Waals surface area contributed by atoms with E-state index in [2.05, 4.69) is 4.98 Å². The number of aliphatic hydroxyl groups is 2. The summed E-state index contributed by atoms with van der Waals surface area (Å²) in [4.78, 5) is 26.7. The second-order valence-corrected chi connectivity index (χ2v) is 5.09. The summed E-state index contributed by atoms with van der Waals surface area (Å²) in [6.07, 6.45) is -2.72. The number of nitrogens with zero attached hydrogens (tertiary/aromatic N) is 2. The van der Waals surface area contributed by atoms with Crippen molar-refractivity contribution in [3.63, 3.8) is 0 Å². The highest BCUT2D eigenvalue weighted by Gasteiger charge is 2.44. The summed E-state index contributed by atoms with van der Waals surface area (Å²) in [6, 6.07) is 1.29. The van der Waals surface area contributed by atoms with Crippen molar-refractivity contribution in [3.8, 4) is 0 Å². The van der Waals surface area contributed by atoms with E-state index in [1.807, 2.05) is 6.92 Å². The summed E-state index contributed by atoms with van der Waals surface area (Å²) >= 11 is 0. The number of anilines is 1. The topological polar surface area (TPSA) is 143 Å². The maximum Gasteiger partial charge on any atom is 0.351 e. The lowest BCUT2D eigenvalue weighted by molar-refractivity contribution is -0.150. The molecular weight excluding hydrogens is 310 g/mol. The monoisotopic (exact) mass is 329 g/mol. The lowest BCUT2D eigenvalue weighted by Gasteiger charge is -2.17. The van der Waals surface area contributed by atoms with E-state index in [0.717, 1.165) is 4.57 Å². The van der Waals surface area contributed by atoms with Crippen LogP contribution in [0.2, 0.25) is 0 Å². The molecule has 2 heterocycles. The van der Waals surface area contributed by atoms with Crippen LogP contribution >= 0.6 is 0 Å². The van der Waals surface area contributed by atoms with E-state index >= 15 is 0 Å². The van der Waals surface area contributed by atoms with Gasteiger partial charge in [-0.25, -0.2) is 4.79 Å². The number of carbonyl (C=O) groups excluding carboxylic acids is 1. The lowest BCUT2D eigenvalue weighted by atomic mass is 10.1. The molecule has 0 amide bonds. The van der Waals surface area contributed by atoms with E-state index in [9.17, 15) is 19.8 Å². The molecule has 10 nitrogen and oxygen atoms in total. The Kier molecular flexibility index (Phi) is 5.66. The van der Waals surface area contributed by atoms with Crippen LogP contribution < -0.4 is 11.2 Å². The predicted octanol–water partition coefficient (Wildman–Crippen LogP) is -0.993. The van der Waals surface area contributed by atoms with E-state index in [0.29, 0.717) is 6.42 Å². The van der Waals surface area contributed by atoms with Crippen LogP contribution in [0.25, 0.3) is 0 Å². The molecule has 23 heavy (non-hydrogen) atoms. The van der Waals surface area contributed by atoms with E-state index in [4.69, 9.17) is 14.7 Å². The van der Waals surface area contributed by atoms with Gasteiger partial charge in [-0.15, -0.1) is 0 Å². The molecule has 1 aliphatic rings. The summed E-state index contributed by atoms with van der Waals surface area (Å²) in [7, 11) is 0. The molecule has 4 atom stereocenters. The first kappa shape index (κ1) is 17.3. The maximum atomic E-state index is 11.8. The second-order valence-electron chi connectivity index (χ2n) is 5.09. The zero-order valence-electron chi connectivity index (χ0n) is 12.5. The van der Waals surface area contributed by atoms with Crippen LogP contribution in [-0.4, -0.2) is 55.9 Å². The molecule has 0 aliphatic carbocycles. The first-order chi connectivity index (χ1) is 11.0. The number of hydrogen-bond donors (Lipinski definition) is 4. The number of nitrogens with one attached hydrogen (secondary N) is 1. The fourth-order valence-electron chi connectivity index (χ4n) is 2.22. The number of ether oxygens (including phenoxy) is 2. The van der Waals surface area contributed by atoms with Crippen LogP contribution in [-0.2, 0) is 14.3 Å². The van der Waals surface area contributed by atoms with Crippen molar-refractivity contribution in [2.24, 2.45) is 0 Å². The molecule has 128 valence electrons. The minimum absolute atomic E-state index is 0.0654. The number of rotatable bonds is 6. The number of carbonyl (C=O) groups is 1. The Balaban J connectivity index is 2.07. The van der Waals surface area contributed by atoms with Crippen LogP contribution in [0.3, 0.4) is 0 Å². The molecule has 2 rings (SSSR count). The van der Waals surface area contributed by atoms with E-state index in [1.54, 1.807) is 5.48 Å². The van der Waals surface area contributed by atoms with E-state index in [-0.39, 0.29) is 18.8 Å². The maximum absolute atomic E-state index is 11.8. The summed E-state index contributed by atoms with van der Waals surface area (Å²) < 4.78 is 11.3. The highest BCUT2D eigenvalue weighted by molar-refractivity contribution is 5.69. The molecule has 1 aromatic rings. The third-order valence-electron chi connectivity index (χ3n) is 3.42. The van der Waals surface area contributed by atoms with Gasteiger partial charge in [0.2, 0.25) is 0 Å². The highest BCUT2D eigenvalue weighted by atomic mass is 16.6. The second kappa shape index (κ2) is 7.51. The molecule has 1 aromatic heterocycles. The Bertz CT molecular complexity index is 605. The van der Waals surface area contributed by atoms with Crippen LogP contribution in [0.4, 0.5) is 5.82 Å². The van der Waals surface area contributed by atoms with Gasteiger partial charge in [0.25, 0.3) is 0 Å². The summed E-state index contributed by atoms with van der Waals surface area (Å²) in [5.74, 6) is -0.497. The standard InChI is InChI=1S/C13H19N3O7/c1-2-3-9(17)22-6-7-10(18)11(19)12(23-7)16-5-4-8(15-21)14-13(16)20/h4-5,7,10-12,18-19,21H,2-3,6H2,1H3,(H,14,15,20)/t7-,10-,11-,12-/m1/s1. The summed E-state index contributed by atoms with van der Waals surface area (Å²) in [5.41, 5.74) is 0.936. The van der Waals surface area contributed by atoms with Gasteiger partial charge in [-0.3, -0.25) is 20.0 Å². The van der Waals surface area contributed by atoms with Crippen molar-refractivity contribution >= 4 is 11.8 Å². The zero-order chi connectivity index (χ0) is 17.0. The van der Waals surface area contributed by atoms with E-state index < -0.39 is 36.2 Å². The lowest BCUT2D eigenvalue weighted by Crippen LogP contribution is -2.36. The van der Waals surface area contributed by atoms with Gasteiger partial charge in [-0.05, 0) is 12.5 Å². The van der Waals surface area contributed by atoms with Crippen molar-refractivity contribution in [2.75, 3.05) is 12.1 Å². The van der Waals surface area contributed by atoms with Gasteiger partial charge in [0, 0.05) is 12.6 Å². The van der Waals surface area contributed by atoms with Crippen molar-refractivity contribution in [1.29, 1.82) is 0 Å². The molecular formula is C13H19N3O7. The largest absolute Gasteiger partial charge is 0.463 e. The molecule has 0 saturated carbocycles. The molecule has 1 aliphatic heterocycles. The van der Waals surface area contributed by atoms with Crippen LogP contribution in [0, 0.1) is 0 Å². The SMILES string of the molecule is CCCC(=O)OC[C@H]1O[C@@H](n2ccc(NO)nc2=O)[C@H](O)[C@@H]1O. The molecule has 0 bridgehead atoms. The van der Waals surface area contributed by atoms with Crippen molar-refractivity contribution in [3.05, 3.63) is 22.7 Å². The van der Waals surface area contributed by atoms with Gasteiger partial charge in [0.1, 0.15) is 24.9 Å². The van der Waals surface area contributed by atoms with Gasteiger partial charge in [-0.2, -0.15) is 4.98 Å². The first-order valence-corrected chi connectivity index (χ1v) is 7.14. The van der Waals surface area contributed by atoms with Gasteiger partial charge < -0.3 is 19.7 Å². The quantitative estimate of drug-likeness (QED) is 0.382. The number of aromatic nitrogens is 2. The van der Waals surface area contributed by atoms with Crippen molar-refractivity contribution < 1.29 is 29.7 Å². The summed E-state index contributed by atoms with van der Waals surface area (Å²) in [5, 5.41) is 28.7. The molecule has 1 saturated heterocycles. The Morgan fingerprint density at radius 3 is 2.83 bits per heavy atom. The first-order valence-electron chi connectivity index (χ1n) is 7.14. The third-order valence-corrected chi connectivity index (χ3v) is 3.42. The number of aliphatic hydroxyl groups excluding tert-OH is 2. The normalized spacial score (nSPS) is 27.0. The van der Waals surface area contributed by atoms with Crippen molar-refractivity contribution in [2.45, 2.75) is 44.3 Å². The Morgan fingerprint density at radius 2 is 2.22 bits per heavy atom. The van der Waals surface area contributed by atoms with Gasteiger partial charge in [0.15, 0.2) is 12.0 Å². The smallest absolute Gasteiger partial charge is 0.351 e. The Morgan fingerprint density at radius 1 is 1.48 bits per heavy atom. The van der Waals surface area contributed by atoms with Crippen LogP contribution in [0.15, 0.2) is 17.1 Å². The van der Waals surface area contributed by atoms with Gasteiger partial charge in [0.05, 0.1) is 0 Å². The van der Waals surface area contributed by atoms with E-state index in [1.165, 1.54) is 12.3 Å². The average molecular weight is 329 g/mol. The minimum Gasteiger partial charge on any atom is -0.463 e. The third kappa shape index (κ3) is 3.85. The molecule has 0 spiro atoms. The van der Waals surface area contributed by atoms with Crippen LogP contribution in [0.5, 0.6) is 0 Å². The van der Waals surface area contributed by atoms with Gasteiger partial charge in [-0.1, -0.05) is 6.92 Å².